The lowest BCUT2D eigenvalue weighted by atomic mass is 10.0. The van der Waals surface area contributed by atoms with Crippen LogP contribution >= 0.6 is 0 Å². The summed E-state index contributed by atoms with van der Waals surface area (Å²) in [5.41, 5.74) is 0. The quantitative estimate of drug-likeness (QED) is 0.736. The second-order valence-corrected chi connectivity index (χ2v) is 3.64. The Balaban J connectivity index is 2.02. The Morgan fingerprint density at radius 2 is 2.44 bits per heavy atom. The minimum Gasteiger partial charge on any atom is -0.384 e. The first-order valence-electron chi connectivity index (χ1n) is 5.23. The zero-order valence-corrected chi connectivity index (χ0v) is 9.14. The first-order chi connectivity index (χ1) is 7.81. The van der Waals surface area contributed by atoms with Crippen LogP contribution in [0.4, 0.5) is 0 Å². The number of hydrogen-bond donors (Lipinski definition) is 0. The van der Waals surface area contributed by atoms with Gasteiger partial charge in [-0.2, -0.15) is 4.98 Å². The van der Waals surface area contributed by atoms with Gasteiger partial charge in [0.2, 0.25) is 5.89 Å². The van der Waals surface area contributed by atoms with Gasteiger partial charge in [0.05, 0.1) is 19.8 Å². The Kier molecular flexibility index (Phi) is 3.63. The molecule has 0 aliphatic carbocycles. The second kappa shape index (κ2) is 5.18. The molecule has 0 radical (unpaired) electrons. The van der Waals surface area contributed by atoms with Gasteiger partial charge in [-0.3, -0.25) is 4.79 Å². The molecule has 1 saturated heterocycles. The molecule has 2 rings (SSSR count). The third-order valence-corrected chi connectivity index (χ3v) is 2.48. The molecule has 16 heavy (non-hydrogen) atoms. The van der Waals surface area contributed by atoms with E-state index in [0.717, 1.165) is 0 Å². The number of carbonyl (C=O) groups is 1. The minimum absolute atomic E-state index is 0.105. The Morgan fingerprint density at radius 1 is 1.56 bits per heavy atom. The zero-order valence-electron chi connectivity index (χ0n) is 9.14. The van der Waals surface area contributed by atoms with E-state index in [1.54, 1.807) is 7.11 Å². The lowest BCUT2D eigenvalue weighted by molar-refractivity contribution is -0.127. The van der Waals surface area contributed by atoms with E-state index in [1.807, 2.05) is 0 Å². The molecular formula is C10H14N2O4. The molecule has 0 bridgehead atoms. The van der Waals surface area contributed by atoms with Crippen LogP contribution in [0.1, 0.15) is 24.1 Å². The summed E-state index contributed by atoms with van der Waals surface area (Å²) in [6.07, 6.45) is 1.00. The molecule has 0 saturated carbocycles. The van der Waals surface area contributed by atoms with Crippen LogP contribution in [0.3, 0.4) is 0 Å². The van der Waals surface area contributed by atoms with Crippen molar-refractivity contribution in [3.8, 4) is 0 Å². The lowest BCUT2D eigenvalue weighted by Crippen LogP contribution is -2.25. The molecule has 88 valence electrons. The number of nitrogens with zero attached hydrogens (tertiary/aromatic N) is 2. The normalized spacial score (nSPS) is 21.3. The van der Waals surface area contributed by atoms with Crippen LogP contribution in [0.2, 0.25) is 0 Å². The maximum absolute atomic E-state index is 11.6. The topological polar surface area (TPSA) is 74.5 Å². The molecule has 0 spiro atoms. The smallest absolute Gasteiger partial charge is 0.239 e. The summed E-state index contributed by atoms with van der Waals surface area (Å²) < 4.78 is 15.2. The molecule has 1 aromatic rings. The van der Waals surface area contributed by atoms with Crippen LogP contribution in [0.5, 0.6) is 0 Å². The van der Waals surface area contributed by atoms with Crippen LogP contribution in [0, 0.1) is 0 Å². The van der Waals surface area contributed by atoms with Crippen LogP contribution in [0.15, 0.2) is 4.52 Å². The van der Waals surface area contributed by atoms with Crippen molar-refractivity contribution in [1.29, 1.82) is 0 Å². The van der Waals surface area contributed by atoms with E-state index >= 15 is 0 Å². The van der Waals surface area contributed by atoms with E-state index in [4.69, 9.17) is 14.0 Å². The molecule has 1 unspecified atom stereocenters. The SMILES string of the molecule is COCCc1noc(C2COCCC2=O)n1. The fraction of sp³-hybridized carbons (Fsp3) is 0.700. The van der Waals surface area contributed by atoms with Crippen molar-refractivity contribution in [1.82, 2.24) is 10.1 Å². The highest BCUT2D eigenvalue weighted by molar-refractivity contribution is 5.85. The predicted molar refractivity (Wildman–Crippen MR) is 53.1 cm³/mol. The summed E-state index contributed by atoms with van der Waals surface area (Å²) in [7, 11) is 1.61. The van der Waals surface area contributed by atoms with E-state index in [2.05, 4.69) is 10.1 Å². The van der Waals surface area contributed by atoms with Crippen molar-refractivity contribution in [2.45, 2.75) is 18.8 Å². The Morgan fingerprint density at radius 3 is 3.19 bits per heavy atom. The molecular weight excluding hydrogens is 212 g/mol. The number of carbonyl (C=O) groups excluding carboxylic acids is 1. The van der Waals surface area contributed by atoms with Gasteiger partial charge >= 0.3 is 0 Å². The maximum Gasteiger partial charge on any atom is 0.239 e. The first-order valence-corrected chi connectivity index (χ1v) is 5.23. The average molecular weight is 226 g/mol. The summed E-state index contributed by atoms with van der Waals surface area (Å²) in [6, 6.07) is 0. The fourth-order valence-corrected chi connectivity index (χ4v) is 1.55. The van der Waals surface area contributed by atoms with Gasteiger partial charge in [-0.25, -0.2) is 0 Å². The number of ketones is 1. The fourth-order valence-electron chi connectivity index (χ4n) is 1.55. The maximum atomic E-state index is 11.6. The second-order valence-electron chi connectivity index (χ2n) is 3.64. The van der Waals surface area contributed by atoms with E-state index < -0.39 is 5.92 Å². The molecule has 0 aromatic carbocycles. The third-order valence-electron chi connectivity index (χ3n) is 2.48. The van der Waals surface area contributed by atoms with Gasteiger partial charge in [-0.1, -0.05) is 5.16 Å². The van der Waals surface area contributed by atoms with Crippen LogP contribution in [-0.2, 0) is 20.7 Å². The van der Waals surface area contributed by atoms with E-state index in [9.17, 15) is 4.79 Å². The highest BCUT2D eigenvalue weighted by atomic mass is 16.5. The zero-order chi connectivity index (χ0) is 11.4. The van der Waals surface area contributed by atoms with Crippen LogP contribution in [-0.4, -0.2) is 42.9 Å². The van der Waals surface area contributed by atoms with Gasteiger partial charge in [-0.05, 0) is 0 Å². The van der Waals surface area contributed by atoms with Gasteiger partial charge < -0.3 is 14.0 Å². The first kappa shape index (κ1) is 11.2. The number of hydrogen-bond acceptors (Lipinski definition) is 6. The molecule has 1 aliphatic rings. The largest absolute Gasteiger partial charge is 0.384 e. The van der Waals surface area contributed by atoms with Crippen LogP contribution < -0.4 is 0 Å². The van der Waals surface area contributed by atoms with E-state index in [0.29, 0.717) is 44.4 Å². The van der Waals surface area contributed by atoms with Crippen molar-refractivity contribution in [2.75, 3.05) is 26.9 Å². The molecule has 6 heteroatoms. The van der Waals surface area contributed by atoms with Gasteiger partial charge in [0.25, 0.3) is 0 Å². The standard InChI is InChI=1S/C10H14N2O4/c1-14-4-3-9-11-10(16-12-9)7-6-15-5-2-8(7)13/h7H,2-6H2,1H3. The van der Waals surface area contributed by atoms with Gasteiger partial charge in [0.1, 0.15) is 11.7 Å². The molecule has 1 aromatic heterocycles. The third kappa shape index (κ3) is 2.45. The van der Waals surface area contributed by atoms with Crippen molar-refractivity contribution in [2.24, 2.45) is 0 Å². The highest BCUT2D eigenvalue weighted by Gasteiger charge is 2.29. The lowest BCUT2D eigenvalue weighted by Gasteiger charge is -2.16. The molecule has 1 aliphatic heterocycles. The Bertz CT molecular complexity index is 363. The summed E-state index contributed by atoms with van der Waals surface area (Å²) >= 11 is 0. The molecule has 0 N–H and O–H groups in total. The monoisotopic (exact) mass is 226 g/mol. The number of aromatic nitrogens is 2. The van der Waals surface area contributed by atoms with Gasteiger partial charge in [0.15, 0.2) is 5.82 Å². The highest BCUT2D eigenvalue weighted by Crippen LogP contribution is 2.20. The molecule has 1 fully saturated rings. The van der Waals surface area contributed by atoms with Crippen LogP contribution in [0.25, 0.3) is 0 Å². The van der Waals surface area contributed by atoms with E-state index in [1.165, 1.54) is 0 Å². The summed E-state index contributed by atoms with van der Waals surface area (Å²) in [5, 5.41) is 3.79. The van der Waals surface area contributed by atoms with Crippen molar-refractivity contribution < 1.29 is 18.8 Å². The van der Waals surface area contributed by atoms with Crippen molar-refractivity contribution >= 4 is 5.78 Å². The molecule has 6 nitrogen and oxygen atoms in total. The van der Waals surface area contributed by atoms with Gasteiger partial charge in [0, 0.05) is 20.0 Å². The molecule has 2 heterocycles. The van der Waals surface area contributed by atoms with Crippen molar-refractivity contribution in [3.63, 3.8) is 0 Å². The molecule has 1 atom stereocenters. The number of ether oxygens (including phenoxy) is 2. The van der Waals surface area contributed by atoms with Gasteiger partial charge in [-0.15, -0.1) is 0 Å². The Hall–Kier alpha value is -1.27. The average Bonchev–Trinajstić information content (AvgIpc) is 2.75. The molecule has 0 amide bonds. The number of Topliss-reactive ketones (excluding diaryl/α,β-unsaturated/α-hetero) is 1. The summed E-state index contributed by atoms with van der Waals surface area (Å²) in [6.45, 7) is 1.36. The summed E-state index contributed by atoms with van der Waals surface area (Å²) in [4.78, 5) is 15.7. The van der Waals surface area contributed by atoms with E-state index in [-0.39, 0.29) is 5.78 Å². The van der Waals surface area contributed by atoms with Crippen molar-refractivity contribution in [3.05, 3.63) is 11.7 Å². The summed E-state index contributed by atoms with van der Waals surface area (Å²) in [5.74, 6) is 0.636. The minimum atomic E-state index is -0.391. The predicted octanol–water partition coefficient (Wildman–Crippen LogP) is 0.332. The number of methoxy groups -OCH3 is 1. The number of rotatable bonds is 4. The Labute approximate surface area is 92.9 Å².